The number of carbonyl (C=O) groups is 2. The lowest BCUT2D eigenvalue weighted by Gasteiger charge is -2.26. The Morgan fingerprint density at radius 3 is 2.50 bits per heavy atom. The van der Waals surface area contributed by atoms with E-state index in [4.69, 9.17) is 21.1 Å². The summed E-state index contributed by atoms with van der Waals surface area (Å²) in [6, 6.07) is 6.95. The molecular formula is C19H15BrClF3N2O4. The van der Waals surface area contributed by atoms with E-state index >= 15 is 0 Å². The van der Waals surface area contributed by atoms with E-state index in [1.807, 2.05) is 0 Å². The fourth-order valence-electron chi connectivity index (χ4n) is 2.66. The van der Waals surface area contributed by atoms with Crippen molar-refractivity contribution in [3.63, 3.8) is 0 Å². The van der Waals surface area contributed by atoms with Gasteiger partial charge in [0.1, 0.15) is 5.75 Å². The van der Waals surface area contributed by atoms with Crippen molar-refractivity contribution in [2.75, 3.05) is 31.6 Å². The average Bonchev–Trinajstić information content (AvgIpc) is 2.70. The van der Waals surface area contributed by atoms with E-state index in [0.717, 1.165) is 18.2 Å². The van der Waals surface area contributed by atoms with Gasteiger partial charge in [0, 0.05) is 17.6 Å². The zero-order valence-corrected chi connectivity index (χ0v) is 17.6. The van der Waals surface area contributed by atoms with Gasteiger partial charge < -0.3 is 19.7 Å². The molecule has 1 saturated heterocycles. The molecule has 0 bridgehead atoms. The molecule has 1 fully saturated rings. The highest BCUT2D eigenvalue weighted by Crippen LogP contribution is 2.34. The third-order valence-electron chi connectivity index (χ3n) is 4.19. The molecule has 0 aromatic heterocycles. The highest BCUT2D eigenvalue weighted by molar-refractivity contribution is 9.10. The van der Waals surface area contributed by atoms with Gasteiger partial charge in [0.2, 0.25) is 0 Å². The zero-order valence-electron chi connectivity index (χ0n) is 15.3. The second kappa shape index (κ2) is 9.23. The number of nitrogens with one attached hydrogen (secondary N) is 1. The lowest BCUT2D eigenvalue weighted by atomic mass is 10.1. The Balaban J connectivity index is 1.84. The van der Waals surface area contributed by atoms with Crippen LogP contribution in [0.15, 0.2) is 40.9 Å². The van der Waals surface area contributed by atoms with Crippen LogP contribution in [0.5, 0.6) is 5.75 Å². The van der Waals surface area contributed by atoms with Crippen LogP contribution in [0.2, 0.25) is 5.02 Å². The maximum Gasteiger partial charge on any atom is 0.416 e. The molecule has 1 aliphatic heterocycles. The molecule has 11 heteroatoms. The number of ether oxygens (including phenoxy) is 2. The largest absolute Gasteiger partial charge is 0.416 e. The van der Waals surface area contributed by atoms with E-state index in [1.165, 1.54) is 17.0 Å². The average molecular weight is 508 g/mol. The van der Waals surface area contributed by atoms with Crippen LogP contribution in [-0.2, 0) is 10.9 Å². The maximum absolute atomic E-state index is 13.0. The SMILES string of the molecule is O=C(Nc1cc(C(F)(F)F)ccc1Cl)c1cc(Br)ccc1OC(=O)N1CCOCC1. The van der Waals surface area contributed by atoms with Crippen molar-refractivity contribution in [1.29, 1.82) is 0 Å². The quantitative estimate of drug-likeness (QED) is 0.620. The number of nitrogens with zero attached hydrogens (tertiary/aromatic N) is 1. The number of hydrogen-bond donors (Lipinski definition) is 1. The first kappa shape index (κ1) is 22.4. The van der Waals surface area contributed by atoms with Crippen LogP contribution in [0, 0.1) is 0 Å². The lowest BCUT2D eigenvalue weighted by molar-refractivity contribution is -0.137. The normalized spacial score (nSPS) is 14.4. The van der Waals surface area contributed by atoms with Crippen LogP contribution < -0.4 is 10.1 Å². The molecule has 0 spiro atoms. The second-order valence-electron chi connectivity index (χ2n) is 6.25. The topological polar surface area (TPSA) is 67.9 Å². The fraction of sp³-hybridized carbons (Fsp3) is 0.263. The highest BCUT2D eigenvalue weighted by atomic mass is 79.9. The molecule has 2 aromatic carbocycles. The Hall–Kier alpha value is -2.30. The van der Waals surface area contributed by atoms with Gasteiger partial charge in [-0.15, -0.1) is 0 Å². The summed E-state index contributed by atoms with van der Waals surface area (Å²) in [7, 11) is 0. The Labute approximate surface area is 183 Å². The van der Waals surface area contributed by atoms with Gasteiger partial charge in [0.05, 0.1) is 35.1 Å². The molecule has 1 heterocycles. The van der Waals surface area contributed by atoms with E-state index < -0.39 is 23.7 Å². The number of benzene rings is 2. The van der Waals surface area contributed by atoms with Crippen LogP contribution in [0.1, 0.15) is 15.9 Å². The van der Waals surface area contributed by atoms with Crippen molar-refractivity contribution in [2.45, 2.75) is 6.18 Å². The lowest BCUT2D eigenvalue weighted by Crippen LogP contribution is -2.42. The minimum atomic E-state index is -4.60. The second-order valence-corrected chi connectivity index (χ2v) is 7.58. The van der Waals surface area contributed by atoms with Crippen LogP contribution in [-0.4, -0.2) is 43.2 Å². The van der Waals surface area contributed by atoms with Crippen molar-refractivity contribution in [2.24, 2.45) is 0 Å². The van der Waals surface area contributed by atoms with Gasteiger partial charge in [0.15, 0.2) is 0 Å². The van der Waals surface area contributed by atoms with Crippen LogP contribution in [0.3, 0.4) is 0 Å². The first-order valence-corrected chi connectivity index (χ1v) is 9.84. The smallest absolute Gasteiger partial charge is 0.409 e. The highest BCUT2D eigenvalue weighted by Gasteiger charge is 2.31. The first-order chi connectivity index (χ1) is 14.1. The Bertz CT molecular complexity index is 965. The van der Waals surface area contributed by atoms with E-state index in [9.17, 15) is 22.8 Å². The van der Waals surface area contributed by atoms with Crippen molar-refractivity contribution in [1.82, 2.24) is 4.90 Å². The number of carbonyl (C=O) groups excluding carboxylic acids is 2. The Morgan fingerprint density at radius 2 is 1.83 bits per heavy atom. The summed E-state index contributed by atoms with van der Waals surface area (Å²) in [6.45, 7) is 1.43. The molecule has 2 aromatic rings. The van der Waals surface area contributed by atoms with Gasteiger partial charge in [-0.05, 0) is 36.4 Å². The molecule has 0 radical (unpaired) electrons. The van der Waals surface area contributed by atoms with Gasteiger partial charge in [0.25, 0.3) is 5.91 Å². The van der Waals surface area contributed by atoms with Gasteiger partial charge in [-0.1, -0.05) is 27.5 Å². The molecule has 0 aliphatic carbocycles. The summed E-state index contributed by atoms with van der Waals surface area (Å²) in [5.41, 5.74) is -1.24. The van der Waals surface area contributed by atoms with Crippen LogP contribution >= 0.6 is 27.5 Å². The molecule has 160 valence electrons. The summed E-state index contributed by atoms with van der Waals surface area (Å²) in [5, 5.41) is 2.27. The molecule has 0 unspecified atom stereocenters. The number of halogens is 5. The number of morpholine rings is 1. The predicted octanol–water partition coefficient (Wildman–Crippen LogP) is 5.20. The summed E-state index contributed by atoms with van der Waals surface area (Å²) in [4.78, 5) is 26.5. The predicted molar refractivity (Wildman–Crippen MR) is 107 cm³/mol. The molecular weight excluding hydrogens is 493 g/mol. The van der Waals surface area contributed by atoms with Crippen molar-refractivity contribution >= 4 is 45.2 Å². The Kier molecular flexibility index (Phi) is 6.89. The first-order valence-electron chi connectivity index (χ1n) is 8.67. The number of alkyl halides is 3. The summed E-state index contributed by atoms with van der Waals surface area (Å²) in [6.07, 6.45) is -5.26. The van der Waals surface area contributed by atoms with E-state index in [0.29, 0.717) is 30.8 Å². The molecule has 6 nitrogen and oxygen atoms in total. The molecule has 0 atom stereocenters. The minimum absolute atomic E-state index is 0.0460. The van der Waals surface area contributed by atoms with Crippen LogP contribution in [0.4, 0.5) is 23.7 Å². The van der Waals surface area contributed by atoms with E-state index in [2.05, 4.69) is 21.2 Å². The van der Waals surface area contributed by atoms with Gasteiger partial charge in [-0.3, -0.25) is 4.79 Å². The number of rotatable bonds is 3. The van der Waals surface area contributed by atoms with Gasteiger partial charge >= 0.3 is 12.3 Å². The minimum Gasteiger partial charge on any atom is -0.409 e. The zero-order chi connectivity index (χ0) is 21.9. The fourth-order valence-corrected chi connectivity index (χ4v) is 3.19. The van der Waals surface area contributed by atoms with Crippen LogP contribution in [0.25, 0.3) is 0 Å². The number of amides is 2. The van der Waals surface area contributed by atoms with E-state index in [1.54, 1.807) is 6.07 Å². The van der Waals surface area contributed by atoms with Crippen molar-refractivity contribution < 1.29 is 32.2 Å². The van der Waals surface area contributed by atoms with Gasteiger partial charge in [-0.25, -0.2) is 4.79 Å². The Morgan fingerprint density at radius 1 is 1.13 bits per heavy atom. The molecule has 1 N–H and O–H groups in total. The monoisotopic (exact) mass is 506 g/mol. The summed E-state index contributed by atoms with van der Waals surface area (Å²) < 4.78 is 49.9. The summed E-state index contributed by atoms with van der Waals surface area (Å²) in [5.74, 6) is -0.836. The third kappa shape index (κ3) is 5.44. The van der Waals surface area contributed by atoms with E-state index in [-0.39, 0.29) is 22.0 Å². The molecule has 30 heavy (non-hydrogen) atoms. The summed E-state index contributed by atoms with van der Waals surface area (Å²) >= 11 is 9.16. The molecule has 2 amide bonds. The van der Waals surface area contributed by atoms with Crippen molar-refractivity contribution in [3.05, 3.63) is 57.0 Å². The van der Waals surface area contributed by atoms with Crippen molar-refractivity contribution in [3.8, 4) is 5.75 Å². The standard InChI is InChI=1S/C19H15BrClF3N2O4/c20-12-2-4-16(30-18(28)26-5-7-29-8-6-26)13(10-12)17(27)25-15-9-11(19(22,23)24)1-3-14(15)21/h1-4,9-10H,5-8H2,(H,25,27). The molecule has 1 aliphatic rings. The van der Waals surface area contributed by atoms with Gasteiger partial charge in [-0.2, -0.15) is 13.2 Å². The maximum atomic E-state index is 13.0. The molecule has 0 saturated carbocycles. The third-order valence-corrected chi connectivity index (χ3v) is 5.02. The number of anilines is 1. The molecule has 3 rings (SSSR count). The number of hydrogen-bond acceptors (Lipinski definition) is 4.